The number of rotatable bonds is 5. The maximum Gasteiger partial charge on any atom is 0.225 e. The second-order valence-electron chi connectivity index (χ2n) is 6.89. The van der Waals surface area contributed by atoms with Crippen LogP contribution in [0.1, 0.15) is 33.1 Å². The van der Waals surface area contributed by atoms with Gasteiger partial charge in [0, 0.05) is 24.7 Å². The normalized spacial score (nSPS) is 18.4. The van der Waals surface area contributed by atoms with E-state index in [9.17, 15) is 9.18 Å². The first-order valence-electron chi connectivity index (χ1n) is 9.21. The summed E-state index contributed by atoms with van der Waals surface area (Å²) in [5.74, 6) is 0.613. The van der Waals surface area contributed by atoms with E-state index in [1.54, 1.807) is 12.1 Å². The highest BCUT2D eigenvalue weighted by Crippen LogP contribution is 2.23. The van der Waals surface area contributed by atoms with Crippen LogP contribution in [0.5, 0.6) is 0 Å². The lowest BCUT2D eigenvalue weighted by atomic mass is 9.96. The molecule has 6 heteroatoms. The van der Waals surface area contributed by atoms with Crippen LogP contribution in [0.25, 0.3) is 11.3 Å². The number of nitrogens with one attached hydrogen (secondary N) is 1. The number of halogens is 1. The fourth-order valence-electron chi connectivity index (χ4n) is 3.13. The third kappa shape index (κ3) is 4.36. The van der Waals surface area contributed by atoms with Gasteiger partial charge in [-0.25, -0.2) is 4.39 Å². The van der Waals surface area contributed by atoms with E-state index < -0.39 is 0 Å². The number of carbonyl (C=O) groups excluding carboxylic acids is 1. The minimum Gasteiger partial charge on any atom is -0.354 e. The summed E-state index contributed by atoms with van der Waals surface area (Å²) in [5.41, 5.74) is 1.53. The van der Waals surface area contributed by atoms with Gasteiger partial charge < -0.3 is 10.2 Å². The van der Waals surface area contributed by atoms with Gasteiger partial charge in [-0.3, -0.25) is 4.79 Å². The van der Waals surface area contributed by atoms with Crippen LogP contribution in [0.4, 0.5) is 10.2 Å². The average molecular weight is 356 g/mol. The van der Waals surface area contributed by atoms with E-state index in [1.165, 1.54) is 12.1 Å². The molecule has 1 N–H and O–H groups in total. The summed E-state index contributed by atoms with van der Waals surface area (Å²) >= 11 is 0. The number of anilines is 1. The van der Waals surface area contributed by atoms with Crippen molar-refractivity contribution in [2.75, 3.05) is 18.0 Å². The lowest BCUT2D eigenvalue weighted by Gasteiger charge is -2.33. The maximum atomic E-state index is 13.0. The van der Waals surface area contributed by atoms with Crippen molar-refractivity contribution >= 4 is 11.7 Å². The number of amides is 1. The zero-order valence-electron chi connectivity index (χ0n) is 15.3. The first-order valence-corrected chi connectivity index (χ1v) is 9.21. The summed E-state index contributed by atoms with van der Waals surface area (Å²) in [6.07, 6.45) is 2.79. The first-order chi connectivity index (χ1) is 12.6. The van der Waals surface area contributed by atoms with Crippen molar-refractivity contribution < 1.29 is 9.18 Å². The zero-order chi connectivity index (χ0) is 18.5. The third-order valence-electron chi connectivity index (χ3n) is 4.91. The average Bonchev–Trinajstić information content (AvgIpc) is 2.68. The molecule has 3 rings (SSSR count). The number of benzene rings is 1. The highest BCUT2D eigenvalue weighted by atomic mass is 19.1. The van der Waals surface area contributed by atoms with Crippen molar-refractivity contribution in [3.8, 4) is 11.3 Å². The number of hydrogen-bond donors (Lipinski definition) is 1. The van der Waals surface area contributed by atoms with Crippen molar-refractivity contribution in [2.45, 2.75) is 39.2 Å². The summed E-state index contributed by atoms with van der Waals surface area (Å²) in [5, 5.41) is 11.7. The topological polar surface area (TPSA) is 58.1 Å². The van der Waals surface area contributed by atoms with E-state index in [-0.39, 0.29) is 23.7 Å². The van der Waals surface area contributed by atoms with E-state index in [0.717, 1.165) is 37.2 Å². The molecule has 1 aliphatic heterocycles. The summed E-state index contributed by atoms with van der Waals surface area (Å²) in [7, 11) is 0. The molecule has 26 heavy (non-hydrogen) atoms. The number of carbonyl (C=O) groups is 1. The molecule has 1 amide bonds. The van der Waals surface area contributed by atoms with Crippen LogP contribution in [-0.2, 0) is 4.79 Å². The number of piperidine rings is 1. The minimum atomic E-state index is -0.270. The molecular weight excluding hydrogens is 331 g/mol. The first kappa shape index (κ1) is 18.3. The second-order valence-corrected chi connectivity index (χ2v) is 6.89. The molecule has 1 saturated heterocycles. The molecule has 0 spiro atoms. The van der Waals surface area contributed by atoms with E-state index >= 15 is 0 Å². The fourth-order valence-corrected chi connectivity index (χ4v) is 3.13. The van der Waals surface area contributed by atoms with Crippen molar-refractivity contribution in [1.29, 1.82) is 0 Å². The Morgan fingerprint density at radius 1 is 1.27 bits per heavy atom. The molecule has 5 nitrogen and oxygen atoms in total. The van der Waals surface area contributed by atoms with Gasteiger partial charge in [0.1, 0.15) is 5.82 Å². The SMILES string of the molecule is CCC(C)NC(=O)C1CCCN(c2ccc(-c3ccc(F)cc3)nn2)C1. The van der Waals surface area contributed by atoms with Crippen LogP contribution in [-0.4, -0.2) is 35.2 Å². The Bertz CT molecular complexity index is 732. The molecule has 2 unspecified atom stereocenters. The highest BCUT2D eigenvalue weighted by Gasteiger charge is 2.27. The summed E-state index contributed by atoms with van der Waals surface area (Å²) in [4.78, 5) is 14.5. The predicted molar refractivity (Wildman–Crippen MR) is 100 cm³/mol. The zero-order valence-corrected chi connectivity index (χ0v) is 15.3. The number of hydrogen-bond acceptors (Lipinski definition) is 4. The predicted octanol–water partition coefficient (Wildman–Crippen LogP) is 3.41. The fraction of sp³-hybridized carbons (Fsp3) is 0.450. The summed E-state index contributed by atoms with van der Waals surface area (Å²) < 4.78 is 13.0. The van der Waals surface area contributed by atoms with Crippen LogP contribution in [0.2, 0.25) is 0 Å². The molecular formula is C20H25FN4O. The molecule has 0 bridgehead atoms. The standard InChI is InChI=1S/C20H25FN4O/c1-3-14(2)22-20(26)16-5-4-12-25(13-16)19-11-10-18(23-24-19)15-6-8-17(21)9-7-15/h6-11,14,16H,3-5,12-13H2,1-2H3,(H,22,26). The minimum absolute atomic E-state index is 0.0173. The van der Waals surface area contributed by atoms with E-state index in [0.29, 0.717) is 12.2 Å². The summed E-state index contributed by atoms with van der Waals surface area (Å²) in [6.45, 7) is 5.62. The van der Waals surface area contributed by atoms with Gasteiger partial charge in [0.15, 0.2) is 5.82 Å². The molecule has 2 heterocycles. The molecule has 1 aromatic carbocycles. The van der Waals surface area contributed by atoms with Gasteiger partial charge in [0.25, 0.3) is 0 Å². The Hall–Kier alpha value is -2.50. The van der Waals surface area contributed by atoms with Crippen LogP contribution in [0.3, 0.4) is 0 Å². The molecule has 0 aliphatic carbocycles. The molecule has 138 valence electrons. The summed E-state index contributed by atoms with van der Waals surface area (Å²) in [6, 6.07) is 10.2. The maximum absolute atomic E-state index is 13.0. The molecule has 2 aromatic rings. The second kappa shape index (κ2) is 8.25. The van der Waals surface area contributed by atoms with Gasteiger partial charge in [-0.05, 0) is 62.6 Å². The van der Waals surface area contributed by atoms with E-state index in [2.05, 4.69) is 27.3 Å². The Labute approximate surface area is 153 Å². The number of nitrogens with zero attached hydrogens (tertiary/aromatic N) is 3. The van der Waals surface area contributed by atoms with Crippen molar-refractivity contribution in [3.05, 3.63) is 42.2 Å². The lowest BCUT2D eigenvalue weighted by molar-refractivity contribution is -0.125. The van der Waals surface area contributed by atoms with Crippen LogP contribution < -0.4 is 10.2 Å². The third-order valence-corrected chi connectivity index (χ3v) is 4.91. The molecule has 1 aliphatic rings. The van der Waals surface area contributed by atoms with Crippen LogP contribution in [0, 0.1) is 11.7 Å². The molecule has 0 radical (unpaired) electrons. The lowest BCUT2D eigenvalue weighted by Crippen LogP contribution is -2.45. The van der Waals surface area contributed by atoms with Gasteiger partial charge >= 0.3 is 0 Å². The van der Waals surface area contributed by atoms with Crippen molar-refractivity contribution in [2.24, 2.45) is 5.92 Å². The quantitative estimate of drug-likeness (QED) is 0.892. The Morgan fingerprint density at radius 3 is 2.69 bits per heavy atom. The van der Waals surface area contributed by atoms with Gasteiger partial charge in [-0.15, -0.1) is 10.2 Å². The monoisotopic (exact) mass is 356 g/mol. The van der Waals surface area contributed by atoms with E-state index in [1.807, 2.05) is 19.1 Å². The smallest absolute Gasteiger partial charge is 0.225 e. The highest BCUT2D eigenvalue weighted by molar-refractivity contribution is 5.79. The van der Waals surface area contributed by atoms with E-state index in [4.69, 9.17) is 0 Å². The van der Waals surface area contributed by atoms with Crippen molar-refractivity contribution in [3.63, 3.8) is 0 Å². The van der Waals surface area contributed by atoms with Crippen LogP contribution in [0.15, 0.2) is 36.4 Å². The Morgan fingerprint density at radius 2 is 2.04 bits per heavy atom. The van der Waals surface area contributed by atoms with Gasteiger partial charge in [0.05, 0.1) is 11.6 Å². The molecule has 2 atom stereocenters. The van der Waals surface area contributed by atoms with Gasteiger partial charge in [0.2, 0.25) is 5.91 Å². The Balaban J connectivity index is 1.66. The van der Waals surface area contributed by atoms with Gasteiger partial charge in [-0.2, -0.15) is 0 Å². The van der Waals surface area contributed by atoms with Crippen LogP contribution >= 0.6 is 0 Å². The van der Waals surface area contributed by atoms with Gasteiger partial charge in [-0.1, -0.05) is 6.92 Å². The largest absolute Gasteiger partial charge is 0.354 e. The molecule has 1 aromatic heterocycles. The van der Waals surface area contributed by atoms with Crippen molar-refractivity contribution in [1.82, 2.24) is 15.5 Å². The molecule has 0 saturated carbocycles. The Kier molecular flexibility index (Phi) is 5.81. The number of aromatic nitrogens is 2. The molecule has 1 fully saturated rings.